The number of rotatable bonds is 8. The predicted octanol–water partition coefficient (Wildman–Crippen LogP) is 7.18. The van der Waals surface area contributed by atoms with Gasteiger partial charge in [-0.3, -0.25) is 4.57 Å². The van der Waals surface area contributed by atoms with Crippen LogP contribution in [0.4, 0.5) is 13.2 Å². The van der Waals surface area contributed by atoms with E-state index in [1.807, 2.05) is 6.92 Å². The van der Waals surface area contributed by atoms with Crippen LogP contribution in [0.15, 0.2) is 36.4 Å². The standard InChI is InChI=1S/C21H22F3O3PS/c1-4-26-28(25,27-5-2)19(11-14-6-8-17(23)18(24)10-14)21-13(3)16-12-15(22)7-9-20(16)29-21/h6-10,12,19H,4-5,11H2,1-3H3. The van der Waals surface area contributed by atoms with Gasteiger partial charge in [-0.05, 0) is 74.0 Å². The zero-order chi connectivity index (χ0) is 21.2. The van der Waals surface area contributed by atoms with Gasteiger partial charge in [0.2, 0.25) is 0 Å². The van der Waals surface area contributed by atoms with E-state index in [0.717, 1.165) is 32.7 Å². The topological polar surface area (TPSA) is 35.5 Å². The van der Waals surface area contributed by atoms with Crippen molar-refractivity contribution in [2.75, 3.05) is 13.2 Å². The smallest absolute Gasteiger partial charge is 0.308 e. The number of benzene rings is 2. The molecule has 0 radical (unpaired) electrons. The molecule has 0 saturated heterocycles. The summed E-state index contributed by atoms with van der Waals surface area (Å²) in [6, 6.07) is 8.07. The summed E-state index contributed by atoms with van der Waals surface area (Å²) in [4.78, 5) is 0.723. The van der Waals surface area contributed by atoms with Gasteiger partial charge >= 0.3 is 7.60 Å². The molecule has 1 aromatic heterocycles. The molecular formula is C21H22F3O3PS. The van der Waals surface area contributed by atoms with Crippen molar-refractivity contribution in [2.45, 2.75) is 32.9 Å². The van der Waals surface area contributed by atoms with Crippen LogP contribution in [0.2, 0.25) is 0 Å². The number of halogens is 3. The van der Waals surface area contributed by atoms with Crippen LogP contribution in [-0.4, -0.2) is 13.2 Å². The molecule has 2 aromatic carbocycles. The molecule has 0 aliphatic carbocycles. The molecule has 29 heavy (non-hydrogen) atoms. The van der Waals surface area contributed by atoms with Crippen LogP contribution in [-0.2, 0) is 20.0 Å². The van der Waals surface area contributed by atoms with Gasteiger partial charge in [0.1, 0.15) is 5.82 Å². The van der Waals surface area contributed by atoms with E-state index in [0.29, 0.717) is 5.56 Å². The first-order valence-corrected chi connectivity index (χ1v) is 11.7. The van der Waals surface area contributed by atoms with Gasteiger partial charge in [-0.2, -0.15) is 0 Å². The summed E-state index contributed by atoms with van der Waals surface area (Å²) in [5, 5.41) is 0.722. The van der Waals surface area contributed by atoms with Crippen molar-refractivity contribution >= 4 is 29.0 Å². The van der Waals surface area contributed by atoms with Crippen LogP contribution in [0, 0.1) is 24.4 Å². The third-order valence-corrected chi connectivity index (χ3v) is 8.65. The lowest BCUT2D eigenvalue weighted by Gasteiger charge is -2.26. The fraction of sp³-hybridized carbons (Fsp3) is 0.333. The highest BCUT2D eigenvalue weighted by Gasteiger charge is 2.39. The first kappa shape index (κ1) is 22.0. The molecule has 3 nitrogen and oxygen atoms in total. The maximum atomic E-state index is 13.8. The number of aryl methyl sites for hydroxylation is 1. The molecule has 3 rings (SSSR count). The molecule has 0 amide bonds. The van der Waals surface area contributed by atoms with E-state index in [1.165, 1.54) is 29.5 Å². The molecule has 0 saturated carbocycles. The third-order valence-electron chi connectivity index (χ3n) is 4.65. The molecule has 0 fully saturated rings. The monoisotopic (exact) mass is 442 g/mol. The van der Waals surface area contributed by atoms with Gasteiger partial charge in [-0.1, -0.05) is 6.07 Å². The molecule has 1 heterocycles. The highest BCUT2D eigenvalue weighted by Crippen LogP contribution is 2.64. The number of hydrogen-bond donors (Lipinski definition) is 0. The molecular weight excluding hydrogens is 420 g/mol. The predicted molar refractivity (Wildman–Crippen MR) is 110 cm³/mol. The molecule has 1 atom stereocenters. The Labute approximate surface area is 172 Å². The molecule has 8 heteroatoms. The molecule has 3 aromatic rings. The van der Waals surface area contributed by atoms with Crippen molar-refractivity contribution in [1.82, 2.24) is 0 Å². The van der Waals surface area contributed by atoms with Gasteiger partial charge in [-0.15, -0.1) is 11.3 Å². The molecule has 0 aliphatic heterocycles. The van der Waals surface area contributed by atoms with E-state index in [2.05, 4.69) is 0 Å². The first-order valence-electron chi connectivity index (χ1n) is 9.30. The highest BCUT2D eigenvalue weighted by atomic mass is 32.1. The van der Waals surface area contributed by atoms with Gasteiger partial charge in [-0.25, -0.2) is 13.2 Å². The van der Waals surface area contributed by atoms with E-state index >= 15 is 0 Å². The minimum atomic E-state index is -3.64. The Hall–Kier alpha value is -1.66. The van der Waals surface area contributed by atoms with E-state index in [1.54, 1.807) is 19.9 Å². The maximum absolute atomic E-state index is 13.8. The van der Waals surface area contributed by atoms with Crippen LogP contribution in [0.1, 0.15) is 35.5 Å². The third kappa shape index (κ3) is 4.58. The van der Waals surface area contributed by atoms with Crippen molar-refractivity contribution in [2.24, 2.45) is 0 Å². The summed E-state index contributed by atoms with van der Waals surface area (Å²) < 4.78 is 66.6. The summed E-state index contributed by atoms with van der Waals surface area (Å²) in [5.41, 5.74) is 0.515. The average Bonchev–Trinajstić information content (AvgIpc) is 2.99. The Bertz CT molecular complexity index is 1060. The minimum Gasteiger partial charge on any atom is -0.308 e. The minimum absolute atomic E-state index is 0.130. The van der Waals surface area contributed by atoms with Crippen molar-refractivity contribution in [1.29, 1.82) is 0 Å². The Kier molecular flexibility index (Phi) is 6.84. The van der Waals surface area contributed by atoms with Crippen LogP contribution in [0.5, 0.6) is 0 Å². The quantitative estimate of drug-likeness (QED) is 0.347. The molecule has 0 bridgehead atoms. The normalized spacial score (nSPS) is 13.2. The first-order chi connectivity index (χ1) is 13.8. The van der Waals surface area contributed by atoms with Gasteiger partial charge in [0, 0.05) is 9.58 Å². The van der Waals surface area contributed by atoms with Gasteiger partial charge in [0.05, 0.1) is 18.9 Å². The fourth-order valence-corrected chi connectivity index (χ4v) is 7.14. The van der Waals surface area contributed by atoms with Crippen LogP contribution in [0.25, 0.3) is 10.1 Å². The fourth-order valence-electron chi connectivity index (χ4n) is 3.35. The summed E-state index contributed by atoms with van der Waals surface area (Å²) in [6.45, 7) is 5.60. The van der Waals surface area contributed by atoms with Gasteiger partial charge < -0.3 is 9.05 Å². The highest BCUT2D eigenvalue weighted by molar-refractivity contribution is 7.54. The zero-order valence-corrected chi connectivity index (χ0v) is 18.1. The van der Waals surface area contributed by atoms with Crippen LogP contribution in [0.3, 0.4) is 0 Å². The van der Waals surface area contributed by atoms with E-state index < -0.39 is 24.9 Å². The van der Waals surface area contributed by atoms with Crippen LogP contribution >= 0.6 is 18.9 Å². The van der Waals surface area contributed by atoms with E-state index in [9.17, 15) is 17.7 Å². The average molecular weight is 442 g/mol. The van der Waals surface area contributed by atoms with Crippen molar-refractivity contribution in [3.63, 3.8) is 0 Å². The molecule has 156 valence electrons. The number of thiophene rings is 1. The Morgan fingerprint density at radius 3 is 2.31 bits per heavy atom. The SMILES string of the molecule is CCOP(=O)(OCC)C(Cc1ccc(F)c(F)c1)c1sc2ccc(F)cc2c1C. The Morgan fingerprint density at radius 1 is 1.00 bits per heavy atom. The number of hydrogen-bond acceptors (Lipinski definition) is 4. The summed E-state index contributed by atoms with van der Waals surface area (Å²) in [7, 11) is -3.64. The summed E-state index contributed by atoms with van der Waals surface area (Å²) in [6.07, 6.45) is 0.130. The molecule has 0 aliphatic rings. The van der Waals surface area contributed by atoms with E-state index in [4.69, 9.17) is 9.05 Å². The largest absolute Gasteiger partial charge is 0.339 e. The lowest BCUT2D eigenvalue weighted by Crippen LogP contribution is -2.10. The lowest BCUT2D eigenvalue weighted by atomic mass is 10.0. The molecule has 0 spiro atoms. The number of fused-ring (bicyclic) bond motifs is 1. The Morgan fingerprint density at radius 2 is 1.69 bits per heavy atom. The summed E-state index contributed by atoms with van der Waals surface area (Å²) >= 11 is 1.38. The zero-order valence-electron chi connectivity index (χ0n) is 16.4. The second-order valence-corrected chi connectivity index (χ2v) is 9.88. The van der Waals surface area contributed by atoms with Gasteiger partial charge in [0.25, 0.3) is 0 Å². The summed E-state index contributed by atoms with van der Waals surface area (Å²) in [5.74, 6) is -2.28. The second-order valence-electron chi connectivity index (χ2n) is 6.58. The van der Waals surface area contributed by atoms with Crippen LogP contribution < -0.4 is 0 Å². The molecule has 1 unspecified atom stereocenters. The molecule has 0 N–H and O–H groups in total. The lowest BCUT2D eigenvalue weighted by molar-refractivity contribution is 0.212. The van der Waals surface area contributed by atoms with Crippen molar-refractivity contribution in [3.8, 4) is 0 Å². The van der Waals surface area contributed by atoms with E-state index in [-0.39, 0.29) is 25.5 Å². The maximum Gasteiger partial charge on any atom is 0.339 e. The Balaban J connectivity index is 2.15. The van der Waals surface area contributed by atoms with Crippen molar-refractivity contribution in [3.05, 3.63) is 69.9 Å². The van der Waals surface area contributed by atoms with Gasteiger partial charge in [0.15, 0.2) is 11.6 Å². The second kappa shape index (κ2) is 9.00. The van der Waals surface area contributed by atoms with Crippen molar-refractivity contribution < 1.29 is 26.8 Å².